The van der Waals surface area contributed by atoms with Crippen molar-refractivity contribution in [2.75, 3.05) is 26.1 Å². The van der Waals surface area contributed by atoms with Crippen molar-refractivity contribution < 1.29 is 32.2 Å². The Morgan fingerprint density at radius 1 is 1.19 bits per heavy atom. The number of amides is 2. The average molecular weight is 440 g/mol. The fraction of sp³-hybridized carbons (Fsp3) is 0.400. The molecule has 0 atom stereocenters. The minimum atomic E-state index is -4.49. The number of methoxy groups -OCH3 is 1. The Labute approximate surface area is 177 Å². The standard InChI is InChI=1S/C20H23F3N4O4/c1-5-16(28)25-15-9-14(8-12(2)24-15)19(29)27(3)10-13-6-7-17(26-18(13)30-4)31-11-20(21,22)23/h6-9H,5,10-11H2,1-4H3,(H,24,25,28). The van der Waals surface area contributed by atoms with Crippen molar-refractivity contribution in [1.29, 1.82) is 0 Å². The summed E-state index contributed by atoms with van der Waals surface area (Å²) in [6, 6.07) is 5.82. The van der Waals surface area contributed by atoms with Crippen molar-refractivity contribution in [2.24, 2.45) is 0 Å². The predicted molar refractivity (Wildman–Crippen MR) is 106 cm³/mol. The molecule has 2 aromatic rings. The van der Waals surface area contributed by atoms with Crippen molar-refractivity contribution in [3.8, 4) is 11.8 Å². The quantitative estimate of drug-likeness (QED) is 0.677. The van der Waals surface area contributed by atoms with E-state index in [2.05, 4.69) is 20.0 Å². The lowest BCUT2D eigenvalue weighted by Gasteiger charge is -2.19. The molecule has 0 unspecified atom stereocenters. The summed E-state index contributed by atoms with van der Waals surface area (Å²) in [6.07, 6.45) is -4.22. The van der Waals surface area contributed by atoms with E-state index < -0.39 is 12.8 Å². The first-order valence-corrected chi connectivity index (χ1v) is 9.29. The van der Waals surface area contributed by atoms with Gasteiger partial charge in [-0.25, -0.2) is 4.98 Å². The number of carbonyl (C=O) groups is 2. The topological polar surface area (TPSA) is 93.7 Å². The highest BCUT2D eigenvalue weighted by atomic mass is 19.4. The van der Waals surface area contributed by atoms with E-state index in [9.17, 15) is 22.8 Å². The fourth-order valence-corrected chi connectivity index (χ4v) is 2.62. The van der Waals surface area contributed by atoms with Gasteiger partial charge in [0.25, 0.3) is 5.91 Å². The molecule has 0 aliphatic carbocycles. The van der Waals surface area contributed by atoms with E-state index in [0.717, 1.165) is 0 Å². The number of alkyl halides is 3. The van der Waals surface area contributed by atoms with Crippen LogP contribution in [0.25, 0.3) is 0 Å². The predicted octanol–water partition coefficient (Wildman–Crippen LogP) is 3.36. The lowest BCUT2D eigenvalue weighted by Crippen LogP contribution is -2.27. The van der Waals surface area contributed by atoms with Crippen LogP contribution in [0.5, 0.6) is 11.8 Å². The van der Waals surface area contributed by atoms with Gasteiger partial charge in [-0.1, -0.05) is 6.92 Å². The van der Waals surface area contributed by atoms with Gasteiger partial charge in [-0.3, -0.25) is 9.59 Å². The molecule has 11 heteroatoms. The van der Waals surface area contributed by atoms with Crippen LogP contribution in [-0.4, -0.2) is 53.6 Å². The normalized spacial score (nSPS) is 11.1. The molecule has 0 aliphatic heterocycles. The number of rotatable bonds is 8. The molecule has 31 heavy (non-hydrogen) atoms. The summed E-state index contributed by atoms with van der Waals surface area (Å²) >= 11 is 0. The van der Waals surface area contributed by atoms with Crippen LogP contribution in [0.4, 0.5) is 19.0 Å². The highest BCUT2D eigenvalue weighted by Crippen LogP contribution is 2.24. The van der Waals surface area contributed by atoms with E-state index in [0.29, 0.717) is 16.8 Å². The summed E-state index contributed by atoms with van der Waals surface area (Å²) in [4.78, 5) is 34.0. The number of nitrogens with zero attached hydrogens (tertiary/aromatic N) is 3. The first kappa shape index (κ1) is 23.9. The molecule has 8 nitrogen and oxygen atoms in total. The highest BCUT2D eigenvalue weighted by Gasteiger charge is 2.29. The monoisotopic (exact) mass is 440 g/mol. The molecule has 0 bridgehead atoms. The molecule has 168 valence electrons. The zero-order chi connectivity index (χ0) is 23.2. The molecule has 0 saturated heterocycles. The molecule has 2 rings (SSSR count). The number of ether oxygens (including phenoxy) is 2. The van der Waals surface area contributed by atoms with Crippen molar-refractivity contribution >= 4 is 17.6 Å². The van der Waals surface area contributed by atoms with Crippen LogP contribution < -0.4 is 14.8 Å². The van der Waals surface area contributed by atoms with Crippen LogP contribution in [-0.2, 0) is 11.3 Å². The highest BCUT2D eigenvalue weighted by molar-refractivity contribution is 5.96. The van der Waals surface area contributed by atoms with Gasteiger partial charge in [0, 0.05) is 36.4 Å². The molecule has 2 heterocycles. The van der Waals surface area contributed by atoms with Gasteiger partial charge >= 0.3 is 6.18 Å². The van der Waals surface area contributed by atoms with Gasteiger partial charge < -0.3 is 19.7 Å². The molecule has 0 saturated carbocycles. The Bertz CT molecular complexity index is 951. The van der Waals surface area contributed by atoms with E-state index in [1.54, 1.807) is 27.0 Å². The Morgan fingerprint density at radius 2 is 1.90 bits per heavy atom. The largest absolute Gasteiger partial charge is 0.481 e. The van der Waals surface area contributed by atoms with Crippen LogP contribution >= 0.6 is 0 Å². The molecule has 1 N–H and O–H groups in total. The average Bonchev–Trinajstić information content (AvgIpc) is 2.71. The van der Waals surface area contributed by atoms with E-state index in [-0.39, 0.29) is 42.4 Å². The second-order valence-corrected chi connectivity index (χ2v) is 6.67. The van der Waals surface area contributed by atoms with Crippen molar-refractivity contribution in [2.45, 2.75) is 33.0 Å². The molecule has 0 radical (unpaired) electrons. The summed E-state index contributed by atoms with van der Waals surface area (Å²) in [5.74, 6) is -0.506. The van der Waals surface area contributed by atoms with Gasteiger partial charge in [0.05, 0.1) is 13.7 Å². The SMILES string of the molecule is CCC(=O)Nc1cc(C(=O)N(C)Cc2ccc(OCC(F)(F)F)nc2OC)cc(C)n1. The van der Waals surface area contributed by atoms with E-state index in [4.69, 9.17) is 4.74 Å². The molecule has 0 fully saturated rings. The third-order valence-electron chi connectivity index (χ3n) is 4.03. The maximum atomic E-state index is 12.9. The zero-order valence-electron chi connectivity index (χ0n) is 17.5. The Hall–Kier alpha value is -3.37. The second-order valence-electron chi connectivity index (χ2n) is 6.67. The number of aromatic nitrogens is 2. The van der Waals surface area contributed by atoms with Crippen LogP contribution in [0.3, 0.4) is 0 Å². The zero-order valence-corrected chi connectivity index (χ0v) is 17.5. The number of hydrogen-bond acceptors (Lipinski definition) is 6. The summed E-state index contributed by atoms with van der Waals surface area (Å²) < 4.78 is 46.7. The summed E-state index contributed by atoms with van der Waals surface area (Å²) in [7, 11) is 2.87. The van der Waals surface area contributed by atoms with Gasteiger partial charge in [0.1, 0.15) is 5.82 Å². The maximum Gasteiger partial charge on any atom is 0.422 e. The summed E-state index contributed by atoms with van der Waals surface area (Å²) in [6.45, 7) is 2.00. The number of hydrogen-bond donors (Lipinski definition) is 1. The van der Waals surface area contributed by atoms with Gasteiger partial charge in [-0.15, -0.1) is 0 Å². The van der Waals surface area contributed by atoms with Crippen LogP contribution in [0, 0.1) is 6.92 Å². The first-order chi connectivity index (χ1) is 14.5. The first-order valence-electron chi connectivity index (χ1n) is 9.29. The molecule has 0 spiro atoms. The van der Waals surface area contributed by atoms with E-state index >= 15 is 0 Å². The van der Waals surface area contributed by atoms with Gasteiger partial charge in [-0.05, 0) is 25.1 Å². The van der Waals surface area contributed by atoms with Crippen LogP contribution in [0.15, 0.2) is 24.3 Å². The van der Waals surface area contributed by atoms with E-state index in [1.807, 2.05) is 0 Å². The maximum absolute atomic E-state index is 12.9. The Kier molecular flexibility index (Phi) is 7.78. The Morgan fingerprint density at radius 3 is 2.52 bits per heavy atom. The van der Waals surface area contributed by atoms with Crippen molar-refractivity contribution in [3.05, 3.63) is 41.1 Å². The fourth-order valence-electron chi connectivity index (χ4n) is 2.62. The molecular weight excluding hydrogens is 417 g/mol. The van der Waals surface area contributed by atoms with Crippen molar-refractivity contribution in [3.63, 3.8) is 0 Å². The van der Waals surface area contributed by atoms with Gasteiger partial charge in [0.2, 0.25) is 17.7 Å². The molecule has 0 aromatic carbocycles. The van der Waals surface area contributed by atoms with Gasteiger partial charge in [0.15, 0.2) is 6.61 Å². The summed E-state index contributed by atoms with van der Waals surface area (Å²) in [5, 5.41) is 2.62. The third kappa shape index (κ3) is 7.12. The number of pyridine rings is 2. The van der Waals surface area contributed by atoms with Crippen LogP contribution in [0.1, 0.15) is 35.0 Å². The van der Waals surface area contributed by atoms with Crippen LogP contribution in [0.2, 0.25) is 0 Å². The number of halogens is 3. The minimum Gasteiger partial charge on any atom is -0.481 e. The number of anilines is 1. The smallest absolute Gasteiger partial charge is 0.422 e. The molecule has 2 amide bonds. The number of nitrogens with one attached hydrogen (secondary N) is 1. The minimum absolute atomic E-state index is 0.0427. The van der Waals surface area contributed by atoms with E-state index in [1.165, 1.54) is 30.2 Å². The number of aryl methyl sites for hydroxylation is 1. The molecule has 2 aromatic heterocycles. The Balaban J connectivity index is 2.16. The van der Waals surface area contributed by atoms with Gasteiger partial charge in [-0.2, -0.15) is 18.2 Å². The molecular formula is C20H23F3N4O4. The summed E-state index contributed by atoms with van der Waals surface area (Å²) in [5.41, 5.74) is 1.34. The number of carbonyl (C=O) groups excluding carboxylic acids is 2. The molecule has 0 aliphatic rings. The third-order valence-corrected chi connectivity index (χ3v) is 4.03. The lowest BCUT2D eigenvalue weighted by atomic mass is 10.1. The lowest BCUT2D eigenvalue weighted by molar-refractivity contribution is -0.154. The second kappa shape index (κ2) is 10.1. The van der Waals surface area contributed by atoms with Crippen molar-refractivity contribution in [1.82, 2.24) is 14.9 Å².